The van der Waals surface area contributed by atoms with Crippen molar-refractivity contribution in [2.45, 2.75) is 57.6 Å². The monoisotopic (exact) mass is 357 g/mol. The van der Waals surface area contributed by atoms with E-state index < -0.39 is 17.2 Å². The topological polar surface area (TPSA) is 101 Å². The fraction of sp³-hybridized carbons (Fsp3) is 0.579. The molecule has 1 unspecified atom stereocenters. The number of nitrogens with one attached hydrogen (secondary N) is 1. The molecule has 1 saturated carbocycles. The lowest BCUT2D eigenvalue weighted by molar-refractivity contribution is -0.110. The molecule has 26 heavy (non-hydrogen) atoms. The SMILES string of the molecule is CC(C)(C)OC(=O)NC1(COc2ncc3c(c2C#N)CC(C=O)C3)CC1. The molecule has 0 radical (unpaired) electrons. The fourth-order valence-corrected chi connectivity index (χ4v) is 3.10. The summed E-state index contributed by atoms with van der Waals surface area (Å²) in [7, 11) is 0. The highest BCUT2D eigenvalue weighted by atomic mass is 16.6. The largest absolute Gasteiger partial charge is 0.474 e. The molecule has 1 N–H and O–H groups in total. The minimum Gasteiger partial charge on any atom is -0.474 e. The number of alkyl carbamates (subject to hydrolysis) is 1. The van der Waals surface area contributed by atoms with Gasteiger partial charge < -0.3 is 19.6 Å². The lowest BCUT2D eigenvalue weighted by atomic mass is 10.1. The minimum absolute atomic E-state index is 0.0993. The molecule has 0 aliphatic heterocycles. The van der Waals surface area contributed by atoms with Crippen molar-refractivity contribution in [1.29, 1.82) is 5.26 Å². The number of aromatic nitrogens is 1. The molecule has 2 aliphatic carbocycles. The summed E-state index contributed by atoms with van der Waals surface area (Å²) in [6, 6.07) is 2.15. The third kappa shape index (κ3) is 3.96. The lowest BCUT2D eigenvalue weighted by Crippen LogP contribution is -2.44. The van der Waals surface area contributed by atoms with Crippen LogP contribution in [0.5, 0.6) is 5.88 Å². The van der Waals surface area contributed by atoms with Crippen LogP contribution in [0.15, 0.2) is 6.20 Å². The van der Waals surface area contributed by atoms with Gasteiger partial charge in [-0.05, 0) is 57.6 Å². The summed E-state index contributed by atoms with van der Waals surface area (Å²) in [5, 5.41) is 12.4. The quantitative estimate of drug-likeness (QED) is 0.812. The Bertz CT molecular complexity index is 772. The van der Waals surface area contributed by atoms with E-state index in [1.54, 1.807) is 6.20 Å². The Morgan fingerprint density at radius 3 is 2.77 bits per heavy atom. The van der Waals surface area contributed by atoms with E-state index in [1.165, 1.54) is 0 Å². The number of hydrogen-bond donors (Lipinski definition) is 1. The molecule has 7 heteroatoms. The van der Waals surface area contributed by atoms with E-state index in [2.05, 4.69) is 16.4 Å². The molecule has 0 spiro atoms. The fourth-order valence-electron chi connectivity index (χ4n) is 3.10. The second-order valence-electron chi connectivity index (χ2n) is 8.05. The first-order chi connectivity index (χ1) is 12.3. The van der Waals surface area contributed by atoms with E-state index in [0.29, 0.717) is 18.4 Å². The zero-order valence-corrected chi connectivity index (χ0v) is 15.3. The highest BCUT2D eigenvalue weighted by molar-refractivity contribution is 5.69. The molecular weight excluding hydrogens is 334 g/mol. The molecular formula is C19H23N3O4. The molecule has 2 aliphatic rings. The van der Waals surface area contributed by atoms with Crippen LogP contribution < -0.4 is 10.1 Å². The number of hydrogen-bond acceptors (Lipinski definition) is 6. The first-order valence-corrected chi connectivity index (χ1v) is 8.75. The summed E-state index contributed by atoms with van der Waals surface area (Å²) >= 11 is 0. The van der Waals surface area contributed by atoms with Gasteiger partial charge in [-0.25, -0.2) is 9.78 Å². The second kappa shape index (κ2) is 6.60. The average Bonchev–Trinajstić information content (AvgIpc) is 3.17. The van der Waals surface area contributed by atoms with E-state index in [0.717, 1.165) is 30.3 Å². The number of carbonyl (C=O) groups is 2. The minimum atomic E-state index is -0.564. The Kier molecular flexibility index (Phi) is 4.61. The molecule has 0 saturated heterocycles. The van der Waals surface area contributed by atoms with Gasteiger partial charge in [0.1, 0.15) is 30.1 Å². The average molecular weight is 357 g/mol. The molecule has 7 nitrogen and oxygen atoms in total. The number of nitriles is 1. The van der Waals surface area contributed by atoms with Gasteiger partial charge in [-0.15, -0.1) is 0 Å². The van der Waals surface area contributed by atoms with E-state index in [1.807, 2.05) is 20.8 Å². The summed E-state index contributed by atoms with van der Waals surface area (Å²) in [6.45, 7) is 5.65. The van der Waals surface area contributed by atoms with Gasteiger partial charge in [0.05, 0.1) is 5.54 Å². The smallest absolute Gasteiger partial charge is 0.408 e. The maximum atomic E-state index is 12.0. The number of carbonyl (C=O) groups excluding carboxylic acids is 2. The van der Waals surface area contributed by atoms with E-state index in [9.17, 15) is 14.9 Å². The van der Waals surface area contributed by atoms with E-state index in [-0.39, 0.29) is 18.4 Å². The summed E-state index contributed by atoms with van der Waals surface area (Å²) in [5.41, 5.74) is 1.13. The van der Waals surface area contributed by atoms with Crippen molar-refractivity contribution >= 4 is 12.4 Å². The molecule has 1 fully saturated rings. The summed E-state index contributed by atoms with van der Waals surface area (Å²) in [6.07, 6.45) is 4.85. The second-order valence-corrected chi connectivity index (χ2v) is 8.05. The maximum Gasteiger partial charge on any atom is 0.408 e. The maximum absolute atomic E-state index is 12.0. The van der Waals surface area contributed by atoms with E-state index in [4.69, 9.17) is 9.47 Å². The van der Waals surface area contributed by atoms with Crippen LogP contribution in [0.3, 0.4) is 0 Å². The van der Waals surface area contributed by atoms with Crippen molar-refractivity contribution in [3.8, 4) is 11.9 Å². The van der Waals surface area contributed by atoms with E-state index >= 15 is 0 Å². The van der Waals surface area contributed by atoms with Crippen LogP contribution in [-0.4, -0.2) is 35.1 Å². The molecule has 0 bridgehead atoms. The van der Waals surface area contributed by atoms with Crippen molar-refractivity contribution in [2.75, 3.05) is 6.61 Å². The number of pyridine rings is 1. The summed E-state index contributed by atoms with van der Waals surface area (Å²) in [5.74, 6) is 0.160. The molecule has 138 valence electrons. The first-order valence-electron chi connectivity index (χ1n) is 8.75. The van der Waals surface area contributed by atoms with Crippen molar-refractivity contribution in [3.05, 3.63) is 22.9 Å². The van der Waals surface area contributed by atoms with Gasteiger partial charge in [0.25, 0.3) is 0 Å². The number of nitrogens with zero attached hydrogens (tertiary/aromatic N) is 2. The van der Waals surface area contributed by atoms with Crippen molar-refractivity contribution < 1.29 is 19.1 Å². The van der Waals surface area contributed by atoms with Crippen molar-refractivity contribution in [2.24, 2.45) is 5.92 Å². The third-order valence-corrected chi connectivity index (χ3v) is 4.60. The van der Waals surface area contributed by atoms with Crippen LogP contribution in [0.2, 0.25) is 0 Å². The molecule has 3 rings (SSSR count). The van der Waals surface area contributed by atoms with Crippen LogP contribution >= 0.6 is 0 Å². The third-order valence-electron chi connectivity index (χ3n) is 4.60. The molecule has 0 aromatic carbocycles. The molecule has 1 heterocycles. The number of rotatable bonds is 5. The van der Waals surface area contributed by atoms with Gasteiger partial charge in [-0.3, -0.25) is 0 Å². The van der Waals surface area contributed by atoms with Gasteiger partial charge in [-0.1, -0.05) is 0 Å². The van der Waals surface area contributed by atoms with Crippen molar-refractivity contribution in [1.82, 2.24) is 10.3 Å². The van der Waals surface area contributed by atoms with Gasteiger partial charge >= 0.3 is 6.09 Å². The molecule has 1 amide bonds. The Labute approximate surface area is 152 Å². The predicted octanol–water partition coefficient (Wildman–Crippen LogP) is 2.30. The zero-order valence-electron chi connectivity index (χ0n) is 15.3. The van der Waals surface area contributed by atoms with Crippen LogP contribution in [0.25, 0.3) is 0 Å². The van der Waals surface area contributed by atoms with Gasteiger partial charge in [0.2, 0.25) is 5.88 Å². The Hall–Kier alpha value is -2.62. The van der Waals surface area contributed by atoms with Crippen LogP contribution in [-0.2, 0) is 22.4 Å². The number of amides is 1. The molecule has 1 atom stereocenters. The zero-order chi connectivity index (χ0) is 18.9. The normalized spacial score (nSPS) is 19.8. The number of aldehydes is 1. The summed E-state index contributed by atoms with van der Waals surface area (Å²) in [4.78, 5) is 27.3. The highest BCUT2D eigenvalue weighted by Gasteiger charge is 2.46. The Morgan fingerprint density at radius 1 is 1.46 bits per heavy atom. The number of ether oxygens (including phenoxy) is 2. The lowest BCUT2D eigenvalue weighted by Gasteiger charge is -2.23. The summed E-state index contributed by atoms with van der Waals surface area (Å²) < 4.78 is 11.1. The highest BCUT2D eigenvalue weighted by Crippen LogP contribution is 2.37. The van der Waals surface area contributed by atoms with Crippen LogP contribution in [0.4, 0.5) is 4.79 Å². The van der Waals surface area contributed by atoms with Crippen LogP contribution in [0.1, 0.15) is 50.3 Å². The Morgan fingerprint density at radius 2 is 2.19 bits per heavy atom. The molecule has 1 aromatic rings. The molecule has 1 aromatic heterocycles. The van der Waals surface area contributed by atoms with Gasteiger partial charge in [0.15, 0.2) is 0 Å². The van der Waals surface area contributed by atoms with Gasteiger partial charge in [-0.2, -0.15) is 5.26 Å². The van der Waals surface area contributed by atoms with Crippen molar-refractivity contribution in [3.63, 3.8) is 0 Å². The Balaban J connectivity index is 1.67. The van der Waals surface area contributed by atoms with Crippen LogP contribution in [0, 0.1) is 17.2 Å². The van der Waals surface area contributed by atoms with Gasteiger partial charge in [0, 0.05) is 12.1 Å². The predicted molar refractivity (Wildman–Crippen MR) is 92.7 cm³/mol. The standard InChI is InChI=1S/C19H23N3O4/c1-18(2,3)26-17(24)22-19(4-5-19)11-25-16-15(8-20)14-7-12(10-23)6-13(14)9-21-16/h9-10,12H,4-7,11H2,1-3H3,(H,22,24). The first kappa shape index (κ1) is 18.2. The number of fused-ring (bicyclic) bond motifs is 1.